The van der Waals surface area contributed by atoms with Crippen molar-refractivity contribution in [3.05, 3.63) is 23.8 Å². The Labute approximate surface area is 83.9 Å². The van der Waals surface area contributed by atoms with Crippen LogP contribution in [0.2, 0.25) is 0 Å². The predicted molar refractivity (Wildman–Crippen MR) is 53.5 cm³/mol. The van der Waals surface area contributed by atoms with Gasteiger partial charge >= 0.3 is 0 Å². The first-order chi connectivity index (χ1) is 6.68. The average molecular weight is 192 g/mol. The Bertz CT molecular complexity index is 318. The first-order valence-electron chi connectivity index (χ1n) is 5.41. The Morgan fingerprint density at radius 1 is 1.14 bits per heavy atom. The predicted octanol–water partition coefficient (Wildman–Crippen LogP) is 1.11. The van der Waals surface area contributed by atoms with Gasteiger partial charge in [0.2, 0.25) is 0 Å². The summed E-state index contributed by atoms with van der Waals surface area (Å²) < 4.78 is 0. The van der Waals surface area contributed by atoms with Crippen molar-refractivity contribution in [2.24, 2.45) is 23.7 Å². The molecule has 0 aliphatic heterocycles. The van der Waals surface area contributed by atoms with Crippen LogP contribution >= 0.6 is 0 Å². The van der Waals surface area contributed by atoms with Gasteiger partial charge in [-0.15, -0.1) is 0 Å². The molecule has 76 valence electrons. The summed E-state index contributed by atoms with van der Waals surface area (Å²) in [5, 5.41) is 20.0. The molecule has 3 aliphatic carbocycles. The van der Waals surface area contributed by atoms with E-state index in [9.17, 15) is 10.2 Å². The Kier molecular flexibility index (Phi) is 1.68. The van der Waals surface area contributed by atoms with Crippen molar-refractivity contribution in [3.63, 3.8) is 0 Å². The smallest absolute Gasteiger partial charge is 0.0786 e. The molecule has 2 bridgehead atoms. The number of aliphatic hydroxyl groups is 2. The molecule has 0 radical (unpaired) electrons. The van der Waals surface area contributed by atoms with E-state index in [4.69, 9.17) is 0 Å². The first kappa shape index (κ1) is 8.69. The lowest BCUT2D eigenvalue weighted by Gasteiger charge is -2.38. The van der Waals surface area contributed by atoms with Crippen LogP contribution in [0.25, 0.3) is 0 Å². The molecule has 0 saturated heterocycles. The summed E-state index contributed by atoms with van der Waals surface area (Å²) in [6, 6.07) is 0. The maximum atomic E-state index is 10.1. The second-order valence-corrected chi connectivity index (χ2v) is 4.95. The van der Waals surface area contributed by atoms with E-state index in [-0.39, 0.29) is 24.0 Å². The molecule has 0 aromatic carbocycles. The lowest BCUT2D eigenvalue weighted by Crippen LogP contribution is -2.41. The minimum Gasteiger partial charge on any atom is -0.389 e. The van der Waals surface area contributed by atoms with Crippen molar-refractivity contribution < 1.29 is 10.2 Å². The number of rotatable bonds is 0. The Hall–Kier alpha value is -0.600. The summed E-state index contributed by atoms with van der Waals surface area (Å²) in [6.07, 6.45) is 6.73. The van der Waals surface area contributed by atoms with Crippen LogP contribution < -0.4 is 0 Å². The van der Waals surface area contributed by atoms with Gasteiger partial charge in [-0.05, 0) is 30.8 Å². The summed E-state index contributed by atoms with van der Waals surface area (Å²) in [4.78, 5) is 0. The van der Waals surface area contributed by atoms with Gasteiger partial charge in [-0.1, -0.05) is 18.2 Å². The minimum absolute atomic E-state index is 0.267. The highest BCUT2D eigenvalue weighted by Crippen LogP contribution is 2.53. The van der Waals surface area contributed by atoms with Gasteiger partial charge in [0.15, 0.2) is 0 Å². The fraction of sp³-hybridized carbons (Fsp3) is 0.667. The monoisotopic (exact) mass is 192 g/mol. The molecule has 2 heteroatoms. The van der Waals surface area contributed by atoms with Crippen LogP contribution in [0.1, 0.15) is 13.3 Å². The number of fused-ring (bicyclic) bond motifs is 5. The normalized spacial score (nSPS) is 54.6. The third-order valence-electron chi connectivity index (χ3n) is 4.24. The number of aliphatic hydroxyl groups excluding tert-OH is 2. The second kappa shape index (κ2) is 2.71. The molecule has 0 aromatic rings. The quantitative estimate of drug-likeness (QED) is 0.564. The van der Waals surface area contributed by atoms with Gasteiger partial charge in [0.25, 0.3) is 0 Å². The van der Waals surface area contributed by atoms with Gasteiger partial charge in [-0.25, -0.2) is 0 Å². The van der Waals surface area contributed by atoms with E-state index < -0.39 is 0 Å². The average Bonchev–Trinajstić information content (AvgIpc) is 2.73. The zero-order chi connectivity index (χ0) is 9.87. The molecular formula is C12H16O2. The van der Waals surface area contributed by atoms with Gasteiger partial charge in [0.1, 0.15) is 0 Å². The largest absolute Gasteiger partial charge is 0.389 e. The zero-order valence-corrected chi connectivity index (χ0v) is 8.30. The summed E-state index contributed by atoms with van der Waals surface area (Å²) in [5.74, 6) is 1.53. The number of allylic oxidation sites excluding steroid dienone is 2. The van der Waals surface area contributed by atoms with E-state index in [2.05, 4.69) is 12.2 Å². The molecular weight excluding hydrogens is 176 g/mol. The topological polar surface area (TPSA) is 40.5 Å². The summed E-state index contributed by atoms with van der Waals surface area (Å²) in [5.41, 5.74) is 0.944. The third kappa shape index (κ3) is 0.931. The molecule has 1 fully saturated rings. The van der Waals surface area contributed by atoms with Crippen molar-refractivity contribution >= 4 is 0 Å². The van der Waals surface area contributed by atoms with Gasteiger partial charge < -0.3 is 10.2 Å². The van der Waals surface area contributed by atoms with Crippen LogP contribution in [-0.4, -0.2) is 22.4 Å². The standard InChI is InChI=1S/C12H16O2/c1-6-4-9(13)10-7-2-3-8(5-7)11(10)12(6)14/h2-4,7-14H,5H2,1H3/t7-,8+,9+,10+,11+,12-/m0/s1. The molecule has 2 N–H and O–H groups in total. The Morgan fingerprint density at radius 2 is 1.79 bits per heavy atom. The third-order valence-corrected chi connectivity index (χ3v) is 4.24. The van der Waals surface area contributed by atoms with Gasteiger partial charge in [0, 0.05) is 11.8 Å². The second-order valence-electron chi connectivity index (χ2n) is 4.95. The highest BCUT2D eigenvalue weighted by atomic mass is 16.3. The van der Waals surface area contributed by atoms with E-state index in [1.807, 2.05) is 13.0 Å². The van der Waals surface area contributed by atoms with Crippen molar-refractivity contribution in [2.45, 2.75) is 25.6 Å². The maximum absolute atomic E-state index is 10.1. The van der Waals surface area contributed by atoms with Crippen LogP contribution in [0.15, 0.2) is 23.8 Å². The molecule has 0 amide bonds. The van der Waals surface area contributed by atoms with E-state index in [0.717, 1.165) is 12.0 Å². The Balaban J connectivity index is 2.01. The number of hydrogen-bond acceptors (Lipinski definition) is 2. The van der Waals surface area contributed by atoms with Crippen molar-refractivity contribution in [2.75, 3.05) is 0 Å². The lowest BCUT2D eigenvalue weighted by atomic mass is 9.71. The highest BCUT2D eigenvalue weighted by Gasteiger charge is 2.52. The van der Waals surface area contributed by atoms with Crippen LogP contribution in [0, 0.1) is 23.7 Å². The zero-order valence-electron chi connectivity index (χ0n) is 8.30. The summed E-state index contributed by atoms with van der Waals surface area (Å²) in [6.45, 7) is 1.92. The van der Waals surface area contributed by atoms with E-state index in [0.29, 0.717) is 11.8 Å². The van der Waals surface area contributed by atoms with Gasteiger partial charge in [0.05, 0.1) is 12.2 Å². The molecule has 3 aliphatic rings. The fourth-order valence-corrected chi connectivity index (χ4v) is 3.61. The first-order valence-corrected chi connectivity index (χ1v) is 5.41. The number of hydrogen-bond donors (Lipinski definition) is 2. The van der Waals surface area contributed by atoms with E-state index in [1.54, 1.807) is 0 Å². The van der Waals surface area contributed by atoms with Crippen molar-refractivity contribution in [1.29, 1.82) is 0 Å². The highest BCUT2D eigenvalue weighted by molar-refractivity contribution is 5.26. The molecule has 0 unspecified atom stereocenters. The molecule has 14 heavy (non-hydrogen) atoms. The minimum atomic E-state index is -0.344. The van der Waals surface area contributed by atoms with E-state index >= 15 is 0 Å². The molecule has 6 atom stereocenters. The van der Waals surface area contributed by atoms with Crippen LogP contribution in [-0.2, 0) is 0 Å². The van der Waals surface area contributed by atoms with Gasteiger partial charge in [-0.2, -0.15) is 0 Å². The molecule has 1 saturated carbocycles. The van der Waals surface area contributed by atoms with Crippen LogP contribution in [0.4, 0.5) is 0 Å². The maximum Gasteiger partial charge on any atom is 0.0786 e. The molecule has 0 heterocycles. The summed E-state index contributed by atoms with van der Waals surface area (Å²) in [7, 11) is 0. The Morgan fingerprint density at radius 3 is 2.50 bits per heavy atom. The SMILES string of the molecule is CC1=C[C@@H](O)[C@@H]2[C@@H]([C@@H]3C=C[C@H]2C3)[C@H]1O. The lowest BCUT2D eigenvalue weighted by molar-refractivity contribution is 0.0205. The van der Waals surface area contributed by atoms with Gasteiger partial charge in [-0.3, -0.25) is 0 Å². The molecule has 0 aromatic heterocycles. The van der Waals surface area contributed by atoms with Crippen LogP contribution in [0.5, 0.6) is 0 Å². The summed E-state index contributed by atoms with van der Waals surface area (Å²) >= 11 is 0. The van der Waals surface area contributed by atoms with E-state index in [1.165, 1.54) is 0 Å². The van der Waals surface area contributed by atoms with Crippen molar-refractivity contribution in [3.8, 4) is 0 Å². The van der Waals surface area contributed by atoms with Crippen molar-refractivity contribution in [1.82, 2.24) is 0 Å². The van der Waals surface area contributed by atoms with Crippen LogP contribution in [0.3, 0.4) is 0 Å². The fourth-order valence-electron chi connectivity index (χ4n) is 3.61. The molecule has 3 rings (SSSR count). The molecule has 0 spiro atoms. The molecule has 2 nitrogen and oxygen atoms in total.